The molecular weight excluding hydrogens is 312 g/mol. The Bertz CT molecular complexity index is 819. The van der Waals surface area contributed by atoms with E-state index < -0.39 is 15.0 Å². The summed E-state index contributed by atoms with van der Waals surface area (Å²) in [6.07, 6.45) is 3.86. The predicted octanol–water partition coefficient (Wildman–Crippen LogP) is 1.74. The van der Waals surface area contributed by atoms with Crippen LogP contribution in [0.5, 0.6) is 0 Å². The molecule has 0 aromatic heterocycles. The van der Waals surface area contributed by atoms with Crippen LogP contribution in [0.3, 0.4) is 0 Å². The fourth-order valence-electron chi connectivity index (χ4n) is 1.60. The minimum absolute atomic E-state index is 0.199. The van der Waals surface area contributed by atoms with E-state index in [1.807, 2.05) is 0 Å². The molecule has 0 fully saturated rings. The second-order valence-corrected chi connectivity index (χ2v) is 5.85. The monoisotopic (exact) mass is 322 g/mol. The van der Waals surface area contributed by atoms with E-state index >= 15 is 0 Å². The van der Waals surface area contributed by atoms with Crippen molar-refractivity contribution in [2.24, 2.45) is 5.16 Å². The third kappa shape index (κ3) is 3.44. The lowest BCUT2D eigenvalue weighted by molar-refractivity contribution is -0.384. The number of benzene rings is 1. The third-order valence-electron chi connectivity index (χ3n) is 2.74. The van der Waals surface area contributed by atoms with Crippen LogP contribution in [-0.4, -0.2) is 24.8 Å². The lowest BCUT2D eigenvalue weighted by Gasteiger charge is -2.06. The number of non-ortho nitro benzene ring substituents is 1. The number of carbonyl (C=O) groups is 1. The van der Waals surface area contributed by atoms with Crippen LogP contribution in [0.4, 0.5) is 5.69 Å². The summed E-state index contributed by atoms with van der Waals surface area (Å²) in [5.74, 6) is -0.227. The Hall–Kier alpha value is -2.81. The lowest BCUT2D eigenvalue weighted by Crippen LogP contribution is -2.09. The van der Waals surface area contributed by atoms with Gasteiger partial charge in [0.1, 0.15) is 10.6 Å². The van der Waals surface area contributed by atoms with E-state index in [2.05, 4.69) is 9.44 Å². The van der Waals surface area contributed by atoms with E-state index in [0.717, 1.165) is 24.3 Å². The highest BCUT2D eigenvalue weighted by atomic mass is 32.2. The molecule has 0 N–H and O–H groups in total. The lowest BCUT2D eigenvalue weighted by atomic mass is 10.1. The van der Waals surface area contributed by atoms with Crippen molar-refractivity contribution >= 4 is 27.3 Å². The molecule has 22 heavy (non-hydrogen) atoms. The number of nitrogens with zero attached hydrogens (tertiary/aromatic N) is 2. The van der Waals surface area contributed by atoms with Gasteiger partial charge in [0.15, 0.2) is 5.78 Å². The van der Waals surface area contributed by atoms with Crippen molar-refractivity contribution in [2.45, 2.75) is 11.8 Å². The first kappa shape index (κ1) is 15.6. The molecule has 9 heteroatoms. The van der Waals surface area contributed by atoms with Gasteiger partial charge < -0.3 is 0 Å². The van der Waals surface area contributed by atoms with E-state index in [9.17, 15) is 23.3 Å². The van der Waals surface area contributed by atoms with E-state index in [-0.39, 0.29) is 22.1 Å². The van der Waals surface area contributed by atoms with Crippen molar-refractivity contribution < 1.29 is 22.4 Å². The van der Waals surface area contributed by atoms with Crippen LogP contribution in [0.15, 0.2) is 58.1 Å². The summed E-state index contributed by atoms with van der Waals surface area (Å²) in [6, 6.07) is 4.20. The second kappa shape index (κ2) is 5.90. The number of carbonyl (C=O) groups excluding carboxylic acids is 1. The number of nitro benzene ring substituents is 1. The van der Waals surface area contributed by atoms with E-state index in [1.165, 1.54) is 18.2 Å². The average Bonchev–Trinajstić information content (AvgIpc) is 2.46. The van der Waals surface area contributed by atoms with Crippen molar-refractivity contribution in [3.63, 3.8) is 0 Å². The molecule has 0 atom stereocenters. The number of nitro groups is 1. The Morgan fingerprint density at radius 3 is 2.36 bits per heavy atom. The molecule has 1 aromatic carbocycles. The Labute approximate surface area is 125 Å². The molecule has 0 saturated carbocycles. The minimum atomic E-state index is -4.20. The maximum atomic E-state index is 11.9. The standard InChI is InChI=1S/C13H10N2O6S/c1-9-8-11(16)4-7-13(9)14-21-22(19,20)12-5-2-10(3-6-12)15(17)18/h2-8H,1H3/b14-13-. The largest absolute Gasteiger partial charge is 0.358 e. The van der Waals surface area contributed by atoms with Crippen LogP contribution in [0.25, 0.3) is 0 Å². The van der Waals surface area contributed by atoms with Crippen LogP contribution < -0.4 is 0 Å². The maximum Gasteiger partial charge on any atom is 0.358 e. The number of hydrogen-bond donors (Lipinski definition) is 0. The first-order valence-corrected chi connectivity index (χ1v) is 7.37. The summed E-state index contributed by atoms with van der Waals surface area (Å²) < 4.78 is 28.4. The normalized spacial score (nSPS) is 16.5. The summed E-state index contributed by atoms with van der Waals surface area (Å²) in [6.45, 7) is 1.59. The zero-order valence-electron chi connectivity index (χ0n) is 11.3. The van der Waals surface area contributed by atoms with E-state index in [0.29, 0.717) is 5.57 Å². The first-order valence-electron chi connectivity index (χ1n) is 5.96. The van der Waals surface area contributed by atoms with Gasteiger partial charge in [-0.2, -0.15) is 8.42 Å². The van der Waals surface area contributed by atoms with Gasteiger partial charge in [-0.25, -0.2) is 0 Å². The van der Waals surface area contributed by atoms with Crippen LogP contribution in [-0.2, 0) is 19.2 Å². The molecular formula is C13H10N2O6S. The molecule has 0 saturated heterocycles. The van der Waals surface area contributed by atoms with Gasteiger partial charge in [-0.1, -0.05) is 5.16 Å². The smallest absolute Gasteiger partial charge is 0.290 e. The molecule has 0 bridgehead atoms. The quantitative estimate of drug-likeness (QED) is 0.473. The van der Waals surface area contributed by atoms with Gasteiger partial charge in [0, 0.05) is 12.1 Å². The fourth-order valence-corrected chi connectivity index (χ4v) is 2.33. The molecule has 8 nitrogen and oxygen atoms in total. The van der Waals surface area contributed by atoms with Crippen LogP contribution >= 0.6 is 0 Å². The Morgan fingerprint density at radius 1 is 1.18 bits per heavy atom. The highest BCUT2D eigenvalue weighted by Crippen LogP contribution is 2.18. The molecule has 0 unspecified atom stereocenters. The summed E-state index contributed by atoms with van der Waals surface area (Å²) in [5.41, 5.74) is 0.425. The first-order chi connectivity index (χ1) is 10.3. The predicted molar refractivity (Wildman–Crippen MR) is 76.7 cm³/mol. The molecule has 0 spiro atoms. The summed E-state index contributed by atoms with van der Waals surface area (Å²) in [4.78, 5) is 20.7. The van der Waals surface area contributed by atoms with Crippen molar-refractivity contribution in [1.82, 2.24) is 0 Å². The van der Waals surface area contributed by atoms with Gasteiger partial charge in [0.2, 0.25) is 0 Å². The number of oxime groups is 1. The van der Waals surface area contributed by atoms with Crippen molar-refractivity contribution in [1.29, 1.82) is 0 Å². The molecule has 2 rings (SSSR count). The number of rotatable bonds is 4. The number of allylic oxidation sites excluding steroid dienone is 4. The molecule has 0 aliphatic heterocycles. The molecule has 1 aliphatic rings. The summed E-state index contributed by atoms with van der Waals surface area (Å²) >= 11 is 0. The second-order valence-electron chi connectivity index (χ2n) is 4.32. The maximum absolute atomic E-state index is 11.9. The highest BCUT2D eigenvalue weighted by molar-refractivity contribution is 7.86. The topological polar surface area (TPSA) is 116 Å². The van der Waals surface area contributed by atoms with Crippen molar-refractivity contribution in [3.8, 4) is 0 Å². The molecule has 114 valence electrons. The molecule has 1 aliphatic carbocycles. The van der Waals surface area contributed by atoms with Crippen molar-refractivity contribution in [3.05, 3.63) is 58.2 Å². The van der Waals surface area contributed by atoms with Crippen LogP contribution in [0.1, 0.15) is 6.92 Å². The Balaban J connectivity index is 2.21. The number of hydrogen-bond acceptors (Lipinski definition) is 7. The van der Waals surface area contributed by atoms with E-state index in [1.54, 1.807) is 6.92 Å². The van der Waals surface area contributed by atoms with Gasteiger partial charge in [0.05, 0.1) is 4.92 Å². The van der Waals surface area contributed by atoms with Gasteiger partial charge in [-0.15, -0.1) is 0 Å². The van der Waals surface area contributed by atoms with Crippen LogP contribution in [0, 0.1) is 10.1 Å². The SMILES string of the molecule is CC1=CC(=O)C=C/C1=N/OS(=O)(=O)c1ccc([N+](=O)[O-])cc1. The molecule has 1 aromatic rings. The zero-order valence-corrected chi connectivity index (χ0v) is 12.1. The summed E-state index contributed by atoms with van der Waals surface area (Å²) in [5, 5.41) is 14.0. The summed E-state index contributed by atoms with van der Waals surface area (Å²) in [7, 11) is -4.20. The van der Waals surface area contributed by atoms with Gasteiger partial charge in [-0.05, 0) is 42.9 Å². The average molecular weight is 322 g/mol. The van der Waals surface area contributed by atoms with E-state index in [4.69, 9.17) is 0 Å². The highest BCUT2D eigenvalue weighted by Gasteiger charge is 2.18. The Morgan fingerprint density at radius 2 is 1.82 bits per heavy atom. The number of ketones is 1. The molecule has 0 heterocycles. The molecule has 0 radical (unpaired) electrons. The van der Waals surface area contributed by atoms with Crippen LogP contribution in [0.2, 0.25) is 0 Å². The zero-order chi connectivity index (χ0) is 16.3. The molecule has 0 amide bonds. The fraction of sp³-hybridized carbons (Fsp3) is 0.0769. The minimum Gasteiger partial charge on any atom is -0.290 e. The Kier molecular flexibility index (Phi) is 4.18. The third-order valence-corrected chi connectivity index (χ3v) is 3.86. The van der Waals surface area contributed by atoms with Gasteiger partial charge in [0.25, 0.3) is 5.69 Å². The van der Waals surface area contributed by atoms with Crippen molar-refractivity contribution in [2.75, 3.05) is 0 Å². The van der Waals surface area contributed by atoms with Gasteiger partial charge in [-0.3, -0.25) is 19.2 Å². The van der Waals surface area contributed by atoms with Gasteiger partial charge >= 0.3 is 10.1 Å².